The van der Waals surface area contributed by atoms with Crippen LogP contribution >= 0.6 is 11.6 Å². The third-order valence-corrected chi connectivity index (χ3v) is 3.96. The number of benzene rings is 2. The molecule has 0 radical (unpaired) electrons. The van der Waals surface area contributed by atoms with Gasteiger partial charge >= 0.3 is 6.16 Å². The molecule has 2 aromatic carbocycles. The molecule has 0 aliphatic rings. The number of halogens is 2. The number of fused-ring (bicyclic) bond motifs is 1. The third kappa shape index (κ3) is 4.22. The van der Waals surface area contributed by atoms with Crippen molar-refractivity contribution in [3.8, 4) is 11.5 Å². The highest BCUT2D eigenvalue weighted by Crippen LogP contribution is 2.34. The number of hydrogen-bond donors (Lipinski definition) is 1. The standard InChI is InChI=1S/C18H16ClFN2O5/c1-24-15-8-12(26-18(23)25-2)7-13-16(15)27-17(21-13)22-14(9-20)10-4-3-5-11(19)6-10/h3-8,14H,9H2,1-2H3,(H,21,22). The molecule has 3 rings (SSSR count). The molecule has 0 saturated heterocycles. The van der Waals surface area contributed by atoms with Crippen molar-refractivity contribution >= 4 is 34.9 Å². The zero-order valence-corrected chi connectivity index (χ0v) is 15.2. The fourth-order valence-electron chi connectivity index (χ4n) is 2.47. The minimum Gasteiger partial charge on any atom is -0.493 e. The number of alkyl halides is 1. The number of nitrogens with one attached hydrogen (secondary N) is 1. The molecule has 0 aliphatic heterocycles. The van der Waals surface area contributed by atoms with Crippen LogP contribution < -0.4 is 14.8 Å². The van der Waals surface area contributed by atoms with E-state index in [1.165, 1.54) is 26.4 Å². The molecule has 0 aliphatic carbocycles. The SMILES string of the molecule is COC(=O)Oc1cc(OC)c2oc(NC(CF)c3cccc(Cl)c3)nc2c1. The second-order valence-corrected chi connectivity index (χ2v) is 5.89. The molecule has 0 spiro atoms. The molecule has 1 unspecified atom stereocenters. The zero-order valence-electron chi connectivity index (χ0n) is 14.5. The fraction of sp³-hybridized carbons (Fsp3) is 0.222. The molecule has 27 heavy (non-hydrogen) atoms. The molecule has 0 saturated carbocycles. The Morgan fingerprint density at radius 1 is 1.33 bits per heavy atom. The minimum atomic E-state index is -0.878. The molecule has 3 aromatic rings. The van der Waals surface area contributed by atoms with Gasteiger partial charge in [-0.05, 0) is 17.7 Å². The van der Waals surface area contributed by atoms with Crippen LogP contribution in [0.1, 0.15) is 11.6 Å². The third-order valence-electron chi connectivity index (χ3n) is 3.72. The fourth-order valence-corrected chi connectivity index (χ4v) is 2.67. The van der Waals surface area contributed by atoms with Crippen molar-refractivity contribution < 1.29 is 27.8 Å². The van der Waals surface area contributed by atoms with E-state index in [-0.39, 0.29) is 11.8 Å². The van der Waals surface area contributed by atoms with E-state index in [1.54, 1.807) is 24.3 Å². The normalized spacial score (nSPS) is 11.9. The number of carbonyl (C=O) groups is 1. The lowest BCUT2D eigenvalue weighted by Gasteiger charge is -2.14. The van der Waals surface area contributed by atoms with Gasteiger partial charge in [-0.25, -0.2) is 9.18 Å². The average molecular weight is 395 g/mol. The van der Waals surface area contributed by atoms with Crippen LogP contribution in [0.25, 0.3) is 11.1 Å². The van der Waals surface area contributed by atoms with E-state index < -0.39 is 18.9 Å². The van der Waals surface area contributed by atoms with E-state index in [0.29, 0.717) is 27.4 Å². The number of methoxy groups -OCH3 is 2. The number of oxazole rings is 1. The predicted molar refractivity (Wildman–Crippen MR) is 97.4 cm³/mol. The number of ether oxygens (including phenoxy) is 3. The maximum Gasteiger partial charge on any atom is 0.513 e. The molecule has 0 fully saturated rings. The van der Waals surface area contributed by atoms with Crippen LogP contribution in [0.15, 0.2) is 40.8 Å². The topological polar surface area (TPSA) is 82.8 Å². The van der Waals surface area contributed by atoms with Gasteiger partial charge < -0.3 is 23.9 Å². The van der Waals surface area contributed by atoms with Crippen molar-refractivity contribution in [2.75, 3.05) is 26.2 Å². The summed E-state index contributed by atoms with van der Waals surface area (Å²) in [5.41, 5.74) is 1.33. The van der Waals surface area contributed by atoms with Gasteiger partial charge in [0.25, 0.3) is 6.01 Å². The molecular weight excluding hydrogens is 379 g/mol. The van der Waals surface area contributed by atoms with Gasteiger partial charge in [0.1, 0.15) is 17.9 Å². The summed E-state index contributed by atoms with van der Waals surface area (Å²) in [6.07, 6.45) is -0.878. The molecule has 0 bridgehead atoms. The van der Waals surface area contributed by atoms with Crippen molar-refractivity contribution in [1.29, 1.82) is 0 Å². The number of carbonyl (C=O) groups excluding carboxylic acids is 1. The lowest BCUT2D eigenvalue weighted by Crippen LogP contribution is -2.12. The molecular formula is C18H16ClFN2O5. The quantitative estimate of drug-likeness (QED) is 0.476. The Balaban J connectivity index is 1.92. The van der Waals surface area contributed by atoms with Gasteiger partial charge in [-0.2, -0.15) is 4.98 Å². The zero-order chi connectivity index (χ0) is 19.4. The Labute approximate surface area is 159 Å². The molecule has 142 valence electrons. The summed E-state index contributed by atoms with van der Waals surface area (Å²) in [5.74, 6) is 0.467. The largest absolute Gasteiger partial charge is 0.513 e. The Hall–Kier alpha value is -3.00. The Morgan fingerprint density at radius 2 is 2.15 bits per heavy atom. The Morgan fingerprint density at radius 3 is 2.81 bits per heavy atom. The van der Waals surface area contributed by atoms with Crippen LogP contribution in [0.5, 0.6) is 11.5 Å². The summed E-state index contributed by atoms with van der Waals surface area (Å²) >= 11 is 5.97. The highest BCUT2D eigenvalue weighted by atomic mass is 35.5. The van der Waals surface area contributed by atoms with E-state index in [2.05, 4.69) is 15.0 Å². The van der Waals surface area contributed by atoms with Crippen molar-refractivity contribution in [2.24, 2.45) is 0 Å². The first kappa shape index (κ1) is 18.8. The Kier molecular flexibility index (Phi) is 5.66. The first-order valence-corrected chi connectivity index (χ1v) is 8.24. The first-order chi connectivity index (χ1) is 13.0. The molecule has 1 heterocycles. The second-order valence-electron chi connectivity index (χ2n) is 5.46. The molecule has 9 heteroatoms. The number of anilines is 1. The highest BCUT2D eigenvalue weighted by Gasteiger charge is 2.19. The smallest absolute Gasteiger partial charge is 0.493 e. The van der Waals surface area contributed by atoms with Crippen LogP contribution in [-0.4, -0.2) is 32.0 Å². The lowest BCUT2D eigenvalue weighted by atomic mass is 10.1. The summed E-state index contributed by atoms with van der Waals surface area (Å²) in [5, 5.41) is 3.38. The van der Waals surface area contributed by atoms with E-state index >= 15 is 0 Å². The molecule has 1 N–H and O–H groups in total. The maximum atomic E-state index is 13.5. The van der Waals surface area contributed by atoms with Crippen LogP contribution in [-0.2, 0) is 4.74 Å². The van der Waals surface area contributed by atoms with E-state index in [9.17, 15) is 9.18 Å². The maximum absolute atomic E-state index is 13.5. The van der Waals surface area contributed by atoms with Crippen molar-refractivity contribution in [1.82, 2.24) is 4.98 Å². The van der Waals surface area contributed by atoms with Crippen molar-refractivity contribution in [2.45, 2.75) is 6.04 Å². The minimum absolute atomic E-state index is 0.0844. The van der Waals surface area contributed by atoms with Gasteiger partial charge in [-0.3, -0.25) is 0 Å². The van der Waals surface area contributed by atoms with Crippen LogP contribution in [0.3, 0.4) is 0 Å². The number of aromatic nitrogens is 1. The summed E-state index contributed by atoms with van der Waals surface area (Å²) in [7, 11) is 2.63. The van der Waals surface area contributed by atoms with Crippen LogP contribution in [0.4, 0.5) is 15.2 Å². The summed E-state index contributed by atoms with van der Waals surface area (Å²) in [4.78, 5) is 15.6. The highest BCUT2D eigenvalue weighted by molar-refractivity contribution is 6.30. The van der Waals surface area contributed by atoms with Gasteiger partial charge in [0.05, 0.1) is 20.3 Å². The monoisotopic (exact) mass is 394 g/mol. The summed E-state index contributed by atoms with van der Waals surface area (Å²) < 4.78 is 33.9. The van der Waals surface area contributed by atoms with Gasteiger partial charge in [0, 0.05) is 17.2 Å². The van der Waals surface area contributed by atoms with E-state index in [1.807, 2.05) is 0 Å². The number of rotatable bonds is 6. The first-order valence-electron chi connectivity index (χ1n) is 7.86. The van der Waals surface area contributed by atoms with Gasteiger partial charge in [-0.1, -0.05) is 23.7 Å². The number of hydrogen-bond acceptors (Lipinski definition) is 7. The van der Waals surface area contributed by atoms with Gasteiger partial charge in [0.15, 0.2) is 11.3 Å². The van der Waals surface area contributed by atoms with E-state index in [0.717, 1.165) is 0 Å². The predicted octanol–water partition coefficient (Wildman–Crippen LogP) is 4.76. The second kappa shape index (κ2) is 8.13. The molecule has 1 atom stereocenters. The number of nitrogens with zero attached hydrogens (tertiary/aromatic N) is 1. The van der Waals surface area contributed by atoms with Crippen LogP contribution in [0.2, 0.25) is 5.02 Å². The summed E-state index contributed by atoms with van der Waals surface area (Å²) in [6, 6.07) is 9.15. The Bertz CT molecular complexity index is 962. The van der Waals surface area contributed by atoms with Crippen molar-refractivity contribution in [3.63, 3.8) is 0 Å². The van der Waals surface area contributed by atoms with E-state index in [4.69, 9.17) is 25.5 Å². The molecule has 7 nitrogen and oxygen atoms in total. The van der Waals surface area contributed by atoms with Crippen LogP contribution in [0, 0.1) is 0 Å². The van der Waals surface area contributed by atoms with Gasteiger partial charge in [-0.15, -0.1) is 0 Å². The van der Waals surface area contributed by atoms with Crippen molar-refractivity contribution in [3.05, 3.63) is 47.0 Å². The summed E-state index contributed by atoms with van der Waals surface area (Å²) in [6.45, 7) is -0.701. The lowest BCUT2D eigenvalue weighted by molar-refractivity contribution is 0.121. The van der Waals surface area contributed by atoms with Gasteiger partial charge in [0.2, 0.25) is 0 Å². The molecule has 1 aromatic heterocycles. The average Bonchev–Trinajstić information content (AvgIpc) is 3.07. The molecule has 0 amide bonds.